The lowest BCUT2D eigenvalue weighted by molar-refractivity contribution is 0.0786. The van der Waals surface area contributed by atoms with Crippen LogP contribution in [-0.2, 0) is 11.0 Å². The van der Waals surface area contributed by atoms with Crippen molar-refractivity contribution in [3.63, 3.8) is 0 Å². The van der Waals surface area contributed by atoms with Crippen LogP contribution in [0.25, 0.3) is 11.1 Å². The molecule has 0 aliphatic heterocycles. The Balaban J connectivity index is 2.47. The van der Waals surface area contributed by atoms with Crippen molar-refractivity contribution in [3.05, 3.63) is 59.7 Å². The van der Waals surface area contributed by atoms with Crippen LogP contribution in [0.1, 0.15) is 45.7 Å². The zero-order valence-corrected chi connectivity index (χ0v) is 13.1. The Morgan fingerprint density at radius 3 is 1.60 bits per heavy atom. The van der Waals surface area contributed by atoms with Crippen molar-refractivity contribution < 1.29 is 5.11 Å². The first-order valence-corrected chi connectivity index (χ1v) is 7.12. The average molecular weight is 268 g/mol. The molecule has 0 aliphatic rings. The lowest BCUT2D eigenvalue weighted by Crippen LogP contribution is -2.15. The van der Waals surface area contributed by atoms with Crippen LogP contribution in [-0.4, -0.2) is 5.11 Å². The molecular weight excluding hydrogens is 244 g/mol. The maximum absolute atomic E-state index is 10.1. The fourth-order valence-electron chi connectivity index (χ4n) is 2.24. The van der Waals surface area contributed by atoms with Crippen LogP contribution in [0, 0.1) is 0 Å². The average Bonchev–Trinajstić information content (AvgIpc) is 2.37. The highest BCUT2D eigenvalue weighted by Gasteiger charge is 2.17. The first-order chi connectivity index (χ1) is 9.18. The molecule has 2 aromatic carbocycles. The molecule has 0 spiro atoms. The molecule has 0 aromatic heterocycles. The second-order valence-electron chi connectivity index (χ2n) is 6.97. The van der Waals surface area contributed by atoms with Crippen LogP contribution in [0.15, 0.2) is 48.5 Å². The standard InChI is InChI=1S/C19H24O/c1-18(2,3)16-10-6-8-14(12-16)15-9-7-11-17(13-15)19(4,5)20/h6-13,20H,1-5H3. The Morgan fingerprint density at radius 2 is 1.15 bits per heavy atom. The fraction of sp³-hybridized carbons (Fsp3) is 0.368. The maximum Gasteiger partial charge on any atom is 0.0840 e. The predicted octanol–water partition coefficient (Wildman–Crippen LogP) is 4.88. The molecule has 0 bridgehead atoms. The van der Waals surface area contributed by atoms with Gasteiger partial charge in [0.25, 0.3) is 0 Å². The van der Waals surface area contributed by atoms with E-state index in [0.29, 0.717) is 0 Å². The van der Waals surface area contributed by atoms with Crippen molar-refractivity contribution in [2.24, 2.45) is 0 Å². The first kappa shape index (κ1) is 14.8. The summed E-state index contributed by atoms with van der Waals surface area (Å²) in [6.45, 7) is 10.3. The van der Waals surface area contributed by atoms with E-state index in [-0.39, 0.29) is 5.41 Å². The summed E-state index contributed by atoms with van der Waals surface area (Å²) in [4.78, 5) is 0. The largest absolute Gasteiger partial charge is 0.386 e. The molecule has 0 amide bonds. The second kappa shape index (κ2) is 5.06. The van der Waals surface area contributed by atoms with Crippen LogP contribution in [0.4, 0.5) is 0 Å². The van der Waals surface area contributed by atoms with Crippen LogP contribution < -0.4 is 0 Å². The molecule has 0 unspecified atom stereocenters. The monoisotopic (exact) mass is 268 g/mol. The molecule has 0 atom stereocenters. The van der Waals surface area contributed by atoms with Crippen LogP contribution in [0.2, 0.25) is 0 Å². The molecule has 0 saturated carbocycles. The first-order valence-electron chi connectivity index (χ1n) is 7.12. The Kier molecular flexibility index (Phi) is 3.75. The van der Waals surface area contributed by atoms with Gasteiger partial charge in [-0.15, -0.1) is 0 Å². The third kappa shape index (κ3) is 3.29. The summed E-state index contributed by atoms with van der Waals surface area (Å²) in [6.07, 6.45) is 0. The number of aliphatic hydroxyl groups is 1. The lowest BCUT2D eigenvalue weighted by atomic mass is 9.85. The van der Waals surface area contributed by atoms with E-state index in [9.17, 15) is 5.11 Å². The van der Waals surface area contributed by atoms with Gasteiger partial charge in [0.1, 0.15) is 0 Å². The van der Waals surface area contributed by atoms with Gasteiger partial charge in [0.15, 0.2) is 0 Å². The minimum absolute atomic E-state index is 0.143. The van der Waals surface area contributed by atoms with E-state index < -0.39 is 5.60 Å². The molecule has 2 rings (SSSR count). The predicted molar refractivity (Wildman–Crippen MR) is 85.8 cm³/mol. The summed E-state index contributed by atoms with van der Waals surface area (Å²) < 4.78 is 0. The van der Waals surface area contributed by atoms with Crippen molar-refractivity contribution in [2.75, 3.05) is 0 Å². The highest BCUT2D eigenvalue weighted by atomic mass is 16.3. The quantitative estimate of drug-likeness (QED) is 0.823. The van der Waals surface area contributed by atoms with Gasteiger partial charge < -0.3 is 5.11 Å². The molecule has 1 N–H and O–H groups in total. The van der Waals surface area contributed by atoms with Gasteiger partial charge in [-0.25, -0.2) is 0 Å². The van der Waals surface area contributed by atoms with E-state index in [1.54, 1.807) is 0 Å². The van der Waals surface area contributed by atoms with Gasteiger partial charge in [0, 0.05) is 0 Å². The van der Waals surface area contributed by atoms with E-state index in [0.717, 1.165) is 11.1 Å². The van der Waals surface area contributed by atoms with Gasteiger partial charge in [-0.3, -0.25) is 0 Å². The van der Waals surface area contributed by atoms with Gasteiger partial charge >= 0.3 is 0 Å². The Hall–Kier alpha value is -1.60. The summed E-state index contributed by atoms with van der Waals surface area (Å²) in [7, 11) is 0. The van der Waals surface area contributed by atoms with E-state index in [1.165, 1.54) is 11.1 Å². The highest BCUT2D eigenvalue weighted by Crippen LogP contribution is 2.29. The van der Waals surface area contributed by atoms with Crippen molar-refractivity contribution >= 4 is 0 Å². The number of rotatable bonds is 2. The van der Waals surface area contributed by atoms with Gasteiger partial charge in [0.05, 0.1) is 5.60 Å². The van der Waals surface area contributed by atoms with E-state index in [4.69, 9.17) is 0 Å². The SMILES string of the molecule is CC(C)(C)c1cccc(-c2cccc(C(C)(C)O)c2)c1. The molecule has 0 radical (unpaired) electrons. The summed E-state index contributed by atoms with van der Waals surface area (Å²) in [5.74, 6) is 0. The lowest BCUT2D eigenvalue weighted by Gasteiger charge is -2.21. The van der Waals surface area contributed by atoms with Crippen LogP contribution in [0.3, 0.4) is 0 Å². The van der Waals surface area contributed by atoms with Crippen molar-refractivity contribution in [2.45, 2.75) is 45.6 Å². The van der Waals surface area contributed by atoms with E-state index >= 15 is 0 Å². The van der Waals surface area contributed by atoms with Gasteiger partial charge in [-0.05, 0) is 47.6 Å². The molecule has 0 saturated heterocycles. The Bertz CT molecular complexity index is 542. The Labute approximate surface area is 122 Å². The van der Waals surface area contributed by atoms with Crippen LogP contribution >= 0.6 is 0 Å². The highest BCUT2D eigenvalue weighted by molar-refractivity contribution is 5.65. The van der Waals surface area contributed by atoms with Crippen LogP contribution in [0.5, 0.6) is 0 Å². The fourth-order valence-corrected chi connectivity index (χ4v) is 2.24. The molecule has 2 aromatic rings. The smallest absolute Gasteiger partial charge is 0.0840 e. The van der Waals surface area contributed by atoms with Gasteiger partial charge in [-0.1, -0.05) is 63.2 Å². The summed E-state index contributed by atoms with van der Waals surface area (Å²) in [5, 5.41) is 10.1. The van der Waals surface area contributed by atoms with Gasteiger partial charge in [0.2, 0.25) is 0 Å². The zero-order chi connectivity index (χ0) is 15.0. The number of benzene rings is 2. The third-order valence-electron chi connectivity index (χ3n) is 3.63. The number of hydrogen-bond acceptors (Lipinski definition) is 1. The van der Waals surface area contributed by atoms with Crippen molar-refractivity contribution in [3.8, 4) is 11.1 Å². The van der Waals surface area contributed by atoms with Crippen molar-refractivity contribution in [1.29, 1.82) is 0 Å². The second-order valence-corrected chi connectivity index (χ2v) is 6.97. The third-order valence-corrected chi connectivity index (χ3v) is 3.63. The molecule has 0 fully saturated rings. The molecule has 0 aliphatic carbocycles. The summed E-state index contributed by atoms with van der Waals surface area (Å²) >= 11 is 0. The molecule has 20 heavy (non-hydrogen) atoms. The summed E-state index contributed by atoms with van der Waals surface area (Å²) in [5.41, 5.74) is 3.95. The summed E-state index contributed by atoms with van der Waals surface area (Å²) in [6, 6.07) is 16.8. The minimum Gasteiger partial charge on any atom is -0.386 e. The zero-order valence-electron chi connectivity index (χ0n) is 13.1. The molecule has 1 nitrogen and oxygen atoms in total. The van der Waals surface area contributed by atoms with Crippen molar-refractivity contribution in [1.82, 2.24) is 0 Å². The maximum atomic E-state index is 10.1. The molecule has 0 heterocycles. The molecule has 1 heteroatoms. The molecule has 106 valence electrons. The normalized spacial score (nSPS) is 12.5. The van der Waals surface area contributed by atoms with E-state index in [2.05, 4.69) is 57.2 Å². The molecular formula is C19H24O. The Morgan fingerprint density at radius 1 is 0.700 bits per heavy atom. The topological polar surface area (TPSA) is 20.2 Å². The van der Waals surface area contributed by atoms with E-state index in [1.807, 2.05) is 26.0 Å². The van der Waals surface area contributed by atoms with Gasteiger partial charge in [-0.2, -0.15) is 0 Å². The number of hydrogen-bond donors (Lipinski definition) is 1. The minimum atomic E-state index is -0.808.